The highest BCUT2D eigenvalue weighted by molar-refractivity contribution is 5.06. The third kappa shape index (κ3) is 6.53. The van der Waals surface area contributed by atoms with Crippen LogP contribution in [0.5, 0.6) is 0 Å². The van der Waals surface area contributed by atoms with Gasteiger partial charge in [0.15, 0.2) is 0 Å². The quantitative estimate of drug-likeness (QED) is 0.470. The summed E-state index contributed by atoms with van der Waals surface area (Å²) >= 11 is 0. The molecule has 0 spiro atoms. The smallest absolute Gasteiger partial charge is 0.330 e. The van der Waals surface area contributed by atoms with Crippen LogP contribution in [0.4, 0.5) is 17.6 Å². The predicted molar refractivity (Wildman–Crippen MR) is 67.9 cm³/mol. The summed E-state index contributed by atoms with van der Waals surface area (Å²) in [6.45, 7) is 3.15. The molecule has 7 heteroatoms. The zero-order chi connectivity index (χ0) is 15.6. The van der Waals surface area contributed by atoms with Gasteiger partial charge in [0.1, 0.15) is 12.1 Å². The molecule has 0 aliphatic carbocycles. The van der Waals surface area contributed by atoms with Crippen molar-refractivity contribution >= 4 is 0 Å². The Bertz CT molecular complexity index is 307. The van der Waals surface area contributed by atoms with Crippen LogP contribution >= 0.6 is 0 Å². The highest BCUT2D eigenvalue weighted by atomic mass is 19.3. The first-order valence-electron chi connectivity index (χ1n) is 6.73. The first kappa shape index (κ1) is 19.1. The maximum atomic E-state index is 12.6. The Morgan fingerprint density at radius 3 is 2.40 bits per heavy atom. The van der Waals surface area contributed by atoms with E-state index in [0.717, 1.165) is 6.42 Å². The molecule has 0 aromatic carbocycles. The lowest BCUT2D eigenvalue weighted by atomic mass is 9.92. The van der Waals surface area contributed by atoms with Crippen molar-refractivity contribution in [2.75, 3.05) is 19.8 Å². The SMILES string of the molecule is CCCNC(C#N)(CC)CCCOCC(F)(F)C(F)F. The number of halogens is 4. The summed E-state index contributed by atoms with van der Waals surface area (Å²) in [5.41, 5.74) is -0.704. The fraction of sp³-hybridized carbons (Fsp3) is 0.923. The van der Waals surface area contributed by atoms with Gasteiger partial charge in [0.2, 0.25) is 0 Å². The van der Waals surface area contributed by atoms with Crippen LogP contribution in [0.1, 0.15) is 39.5 Å². The Labute approximate surface area is 117 Å². The molecule has 0 fully saturated rings. The van der Waals surface area contributed by atoms with Gasteiger partial charge in [-0.2, -0.15) is 14.0 Å². The fourth-order valence-corrected chi connectivity index (χ4v) is 1.68. The predicted octanol–water partition coefficient (Wildman–Crippen LogP) is 3.36. The Hall–Kier alpha value is -0.870. The minimum atomic E-state index is -4.11. The van der Waals surface area contributed by atoms with Gasteiger partial charge < -0.3 is 4.74 Å². The van der Waals surface area contributed by atoms with Crippen LogP contribution in [-0.2, 0) is 4.74 Å². The van der Waals surface area contributed by atoms with E-state index in [2.05, 4.69) is 16.1 Å². The molecule has 0 rings (SSSR count). The van der Waals surface area contributed by atoms with Crippen molar-refractivity contribution in [1.82, 2.24) is 5.32 Å². The van der Waals surface area contributed by atoms with Gasteiger partial charge in [-0.05, 0) is 32.2 Å². The Balaban J connectivity index is 4.05. The number of hydrogen-bond acceptors (Lipinski definition) is 3. The molecular weight excluding hydrogens is 276 g/mol. The van der Waals surface area contributed by atoms with Crippen molar-refractivity contribution in [2.24, 2.45) is 0 Å². The normalized spacial score (nSPS) is 15.1. The molecule has 0 aromatic rings. The van der Waals surface area contributed by atoms with Crippen LogP contribution in [-0.4, -0.2) is 37.6 Å². The van der Waals surface area contributed by atoms with Crippen molar-refractivity contribution in [3.05, 3.63) is 0 Å². The molecule has 0 heterocycles. The average Bonchev–Trinajstić information content (AvgIpc) is 2.42. The Morgan fingerprint density at radius 2 is 1.95 bits per heavy atom. The van der Waals surface area contributed by atoms with E-state index in [0.29, 0.717) is 25.8 Å². The molecule has 1 unspecified atom stereocenters. The van der Waals surface area contributed by atoms with Gasteiger partial charge >= 0.3 is 12.3 Å². The van der Waals surface area contributed by atoms with Crippen LogP contribution in [0.15, 0.2) is 0 Å². The molecule has 0 amide bonds. The third-order valence-corrected chi connectivity index (χ3v) is 3.04. The maximum Gasteiger partial charge on any atom is 0.330 e. The van der Waals surface area contributed by atoms with E-state index < -0.39 is 24.5 Å². The summed E-state index contributed by atoms with van der Waals surface area (Å²) in [6.07, 6.45) is -1.47. The van der Waals surface area contributed by atoms with Gasteiger partial charge in [0, 0.05) is 6.61 Å². The Kier molecular flexibility index (Phi) is 8.74. The zero-order valence-corrected chi connectivity index (χ0v) is 11.9. The fourth-order valence-electron chi connectivity index (χ4n) is 1.68. The summed E-state index contributed by atoms with van der Waals surface area (Å²) < 4.78 is 53.5. The highest BCUT2D eigenvalue weighted by Gasteiger charge is 2.40. The lowest BCUT2D eigenvalue weighted by Crippen LogP contribution is -2.44. The first-order valence-corrected chi connectivity index (χ1v) is 6.73. The molecule has 0 saturated heterocycles. The van der Waals surface area contributed by atoms with Crippen molar-refractivity contribution < 1.29 is 22.3 Å². The topological polar surface area (TPSA) is 45.0 Å². The van der Waals surface area contributed by atoms with E-state index in [1.54, 1.807) is 0 Å². The van der Waals surface area contributed by atoms with Crippen LogP contribution in [0.2, 0.25) is 0 Å². The van der Waals surface area contributed by atoms with Crippen LogP contribution in [0.3, 0.4) is 0 Å². The van der Waals surface area contributed by atoms with Crippen molar-refractivity contribution in [2.45, 2.75) is 57.4 Å². The van der Waals surface area contributed by atoms with E-state index in [4.69, 9.17) is 0 Å². The number of nitrogens with zero attached hydrogens (tertiary/aromatic N) is 1. The molecule has 0 bridgehead atoms. The summed E-state index contributed by atoms with van der Waals surface area (Å²) in [7, 11) is 0. The molecule has 0 aromatic heterocycles. The molecule has 20 heavy (non-hydrogen) atoms. The summed E-state index contributed by atoms with van der Waals surface area (Å²) in [5, 5.41) is 12.3. The van der Waals surface area contributed by atoms with Gasteiger partial charge in [-0.1, -0.05) is 13.8 Å². The van der Waals surface area contributed by atoms with Crippen molar-refractivity contribution in [3.63, 3.8) is 0 Å². The molecule has 0 aliphatic rings. The number of nitrogens with one attached hydrogen (secondary N) is 1. The molecule has 0 saturated carbocycles. The van der Waals surface area contributed by atoms with Gasteiger partial charge in [-0.15, -0.1) is 0 Å². The van der Waals surface area contributed by atoms with Gasteiger partial charge in [0.25, 0.3) is 0 Å². The summed E-state index contributed by atoms with van der Waals surface area (Å²) in [5.74, 6) is -4.11. The average molecular weight is 298 g/mol. The largest absolute Gasteiger partial charge is 0.375 e. The van der Waals surface area contributed by atoms with E-state index in [-0.39, 0.29) is 6.61 Å². The lowest BCUT2D eigenvalue weighted by molar-refractivity contribution is -0.166. The number of nitriles is 1. The van der Waals surface area contributed by atoms with Gasteiger partial charge in [-0.25, -0.2) is 8.78 Å². The molecule has 3 nitrogen and oxygen atoms in total. The number of hydrogen-bond donors (Lipinski definition) is 1. The molecule has 1 N–H and O–H groups in total. The minimum Gasteiger partial charge on any atom is -0.375 e. The molecule has 1 atom stereocenters. The van der Waals surface area contributed by atoms with Crippen molar-refractivity contribution in [3.8, 4) is 6.07 Å². The van der Waals surface area contributed by atoms with Crippen molar-refractivity contribution in [1.29, 1.82) is 5.26 Å². The van der Waals surface area contributed by atoms with Gasteiger partial charge in [-0.3, -0.25) is 5.32 Å². The monoisotopic (exact) mass is 298 g/mol. The van der Waals surface area contributed by atoms with Crippen LogP contribution < -0.4 is 5.32 Å². The zero-order valence-electron chi connectivity index (χ0n) is 11.9. The van der Waals surface area contributed by atoms with E-state index in [9.17, 15) is 22.8 Å². The Morgan fingerprint density at radius 1 is 1.30 bits per heavy atom. The third-order valence-electron chi connectivity index (χ3n) is 3.04. The standard InChI is InChI=1S/C13H22F4N2O/c1-3-7-19-12(4-2,9-18)6-5-8-20-10-13(16,17)11(14)15/h11,19H,3-8,10H2,1-2H3. The maximum absolute atomic E-state index is 12.6. The number of rotatable bonds is 11. The highest BCUT2D eigenvalue weighted by Crippen LogP contribution is 2.23. The van der Waals surface area contributed by atoms with E-state index in [1.165, 1.54) is 0 Å². The van der Waals surface area contributed by atoms with Gasteiger partial charge in [0.05, 0.1) is 6.07 Å². The second-order valence-electron chi connectivity index (χ2n) is 4.69. The summed E-state index contributed by atoms with van der Waals surface area (Å²) in [6, 6.07) is 2.19. The second kappa shape index (κ2) is 9.14. The lowest BCUT2D eigenvalue weighted by Gasteiger charge is -2.26. The molecule has 0 radical (unpaired) electrons. The number of alkyl halides is 4. The first-order chi connectivity index (χ1) is 9.33. The van der Waals surface area contributed by atoms with Crippen LogP contribution in [0, 0.1) is 11.3 Å². The summed E-state index contributed by atoms with van der Waals surface area (Å²) in [4.78, 5) is 0. The van der Waals surface area contributed by atoms with Crippen LogP contribution in [0.25, 0.3) is 0 Å². The molecule has 0 aliphatic heterocycles. The molecular formula is C13H22F4N2O. The van der Waals surface area contributed by atoms with E-state index >= 15 is 0 Å². The molecule has 118 valence electrons. The minimum absolute atomic E-state index is 0.0699. The van der Waals surface area contributed by atoms with E-state index in [1.807, 2.05) is 13.8 Å². The number of ether oxygens (including phenoxy) is 1. The second-order valence-corrected chi connectivity index (χ2v) is 4.69.